The second kappa shape index (κ2) is 7.60. The summed E-state index contributed by atoms with van der Waals surface area (Å²) < 4.78 is 0. The smallest absolute Gasteiger partial charge is 0.255 e. The maximum absolute atomic E-state index is 12.8. The minimum Gasteiger partial charge on any atom is -0.370 e. The number of hydrogen-bond acceptors (Lipinski definition) is 3. The molecule has 2 amide bonds. The molecule has 136 valence electrons. The summed E-state index contributed by atoms with van der Waals surface area (Å²) in [5.41, 5.74) is 10.1. The van der Waals surface area contributed by atoms with Crippen molar-refractivity contribution in [1.82, 2.24) is 0 Å². The normalized spacial score (nSPS) is 14.2. The topological polar surface area (TPSA) is 75.4 Å². The maximum atomic E-state index is 12.8. The highest BCUT2D eigenvalue weighted by Gasteiger charge is 2.18. The van der Waals surface area contributed by atoms with E-state index in [0.29, 0.717) is 16.8 Å². The zero-order valence-corrected chi connectivity index (χ0v) is 15.3. The standard InChI is InChI=1S/C21H25N3O2/c1-14-6-8-17(15(2)12-14)21(26)23-18-13-16(20(22)25)7-9-19(18)24-10-4-3-5-11-24/h6-9,12-13H,3-5,10-11H2,1-2H3,(H2,22,25)(H,23,26). The molecule has 0 aromatic heterocycles. The molecule has 0 aliphatic carbocycles. The van der Waals surface area contributed by atoms with E-state index in [4.69, 9.17) is 5.73 Å². The molecule has 0 bridgehead atoms. The molecule has 0 radical (unpaired) electrons. The Hall–Kier alpha value is -2.82. The van der Waals surface area contributed by atoms with Gasteiger partial charge in [-0.3, -0.25) is 9.59 Å². The summed E-state index contributed by atoms with van der Waals surface area (Å²) >= 11 is 0. The summed E-state index contributed by atoms with van der Waals surface area (Å²) in [4.78, 5) is 26.7. The number of rotatable bonds is 4. The highest BCUT2D eigenvalue weighted by Crippen LogP contribution is 2.30. The van der Waals surface area contributed by atoms with Crippen LogP contribution in [0, 0.1) is 13.8 Å². The Morgan fingerprint density at radius 1 is 1.00 bits per heavy atom. The van der Waals surface area contributed by atoms with E-state index in [1.165, 1.54) is 6.42 Å². The van der Waals surface area contributed by atoms with Crippen LogP contribution in [0.25, 0.3) is 0 Å². The first-order valence-corrected chi connectivity index (χ1v) is 9.03. The lowest BCUT2D eigenvalue weighted by Crippen LogP contribution is -2.30. The molecule has 0 saturated carbocycles. The molecule has 1 fully saturated rings. The molecule has 5 nitrogen and oxygen atoms in total. The summed E-state index contributed by atoms with van der Waals surface area (Å²) in [7, 11) is 0. The molecular weight excluding hydrogens is 326 g/mol. The van der Waals surface area contributed by atoms with Crippen molar-refractivity contribution >= 4 is 23.2 Å². The van der Waals surface area contributed by atoms with E-state index >= 15 is 0 Å². The Morgan fingerprint density at radius 3 is 2.38 bits per heavy atom. The van der Waals surface area contributed by atoms with Gasteiger partial charge in [0.1, 0.15) is 0 Å². The van der Waals surface area contributed by atoms with E-state index in [1.54, 1.807) is 12.1 Å². The average Bonchev–Trinajstić information content (AvgIpc) is 2.62. The van der Waals surface area contributed by atoms with E-state index in [2.05, 4.69) is 10.2 Å². The van der Waals surface area contributed by atoms with Crippen LogP contribution in [-0.4, -0.2) is 24.9 Å². The van der Waals surface area contributed by atoms with Gasteiger partial charge in [0.25, 0.3) is 5.91 Å². The first kappa shape index (κ1) is 18.0. The fourth-order valence-electron chi connectivity index (χ4n) is 3.46. The number of nitrogens with one attached hydrogen (secondary N) is 1. The van der Waals surface area contributed by atoms with Crippen molar-refractivity contribution in [3.63, 3.8) is 0 Å². The van der Waals surface area contributed by atoms with Crippen molar-refractivity contribution in [2.45, 2.75) is 33.1 Å². The van der Waals surface area contributed by atoms with Crippen LogP contribution in [0.4, 0.5) is 11.4 Å². The van der Waals surface area contributed by atoms with Gasteiger partial charge in [0.05, 0.1) is 11.4 Å². The van der Waals surface area contributed by atoms with Crippen molar-refractivity contribution in [2.75, 3.05) is 23.3 Å². The van der Waals surface area contributed by atoms with Crippen LogP contribution in [0.15, 0.2) is 36.4 Å². The number of carbonyl (C=O) groups is 2. The summed E-state index contributed by atoms with van der Waals surface area (Å²) in [6.45, 7) is 5.82. The Morgan fingerprint density at radius 2 is 1.73 bits per heavy atom. The molecule has 1 aliphatic heterocycles. The van der Waals surface area contributed by atoms with E-state index in [0.717, 1.165) is 42.7 Å². The van der Waals surface area contributed by atoms with Gasteiger partial charge >= 0.3 is 0 Å². The highest BCUT2D eigenvalue weighted by atomic mass is 16.2. The quantitative estimate of drug-likeness (QED) is 0.883. The number of primary amides is 1. The molecule has 1 aliphatic rings. The van der Waals surface area contributed by atoms with Gasteiger partial charge in [0.2, 0.25) is 5.91 Å². The van der Waals surface area contributed by atoms with Crippen LogP contribution >= 0.6 is 0 Å². The van der Waals surface area contributed by atoms with Crippen molar-refractivity contribution in [1.29, 1.82) is 0 Å². The first-order chi connectivity index (χ1) is 12.5. The summed E-state index contributed by atoms with van der Waals surface area (Å²) in [5.74, 6) is -0.681. The lowest BCUT2D eigenvalue weighted by atomic mass is 10.0. The Labute approximate surface area is 154 Å². The second-order valence-corrected chi connectivity index (χ2v) is 6.92. The SMILES string of the molecule is Cc1ccc(C(=O)Nc2cc(C(N)=O)ccc2N2CCCCC2)c(C)c1. The number of amides is 2. The van der Waals surface area contributed by atoms with E-state index in [9.17, 15) is 9.59 Å². The summed E-state index contributed by atoms with van der Waals surface area (Å²) in [6, 6.07) is 11.0. The molecule has 0 atom stereocenters. The zero-order chi connectivity index (χ0) is 18.7. The van der Waals surface area contributed by atoms with E-state index in [1.807, 2.05) is 38.1 Å². The number of carbonyl (C=O) groups excluding carboxylic acids is 2. The maximum Gasteiger partial charge on any atom is 0.255 e. The zero-order valence-electron chi connectivity index (χ0n) is 15.3. The molecule has 0 spiro atoms. The second-order valence-electron chi connectivity index (χ2n) is 6.92. The number of hydrogen-bond donors (Lipinski definition) is 2. The lowest BCUT2D eigenvalue weighted by molar-refractivity contribution is 0.0996. The van der Waals surface area contributed by atoms with Gasteiger partial charge in [-0.05, 0) is 62.9 Å². The summed E-state index contributed by atoms with van der Waals surface area (Å²) in [5, 5.41) is 2.99. The van der Waals surface area contributed by atoms with Crippen LogP contribution in [0.1, 0.15) is 51.1 Å². The first-order valence-electron chi connectivity index (χ1n) is 9.03. The van der Waals surface area contributed by atoms with Gasteiger partial charge in [0.15, 0.2) is 0 Å². The third kappa shape index (κ3) is 3.87. The van der Waals surface area contributed by atoms with Crippen LogP contribution < -0.4 is 16.0 Å². The summed E-state index contributed by atoms with van der Waals surface area (Å²) in [6.07, 6.45) is 3.48. The van der Waals surface area contributed by atoms with Crippen LogP contribution in [0.3, 0.4) is 0 Å². The molecule has 2 aromatic carbocycles. The predicted octanol–water partition coefficient (Wildman–Crippen LogP) is 3.64. The lowest BCUT2D eigenvalue weighted by Gasteiger charge is -2.30. The average molecular weight is 351 g/mol. The van der Waals surface area contributed by atoms with Gasteiger partial charge in [-0.25, -0.2) is 0 Å². The Kier molecular flexibility index (Phi) is 5.26. The van der Waals surface area contributed by atoms with Gasteiger partial charge < -0.3 is 16.0 Å². The Bertz CT molecular complexity index is 839. The Balaban J connectivity index is 1.94. The number of piperidine rings is 1. The number of nitrogens with two attached hydrogens (primary N) is 1. The van der Waals surface area contributed by atoms with Gasteiger partial charge in [-0.15, -0.1) is 0 Å². The van der Waals surface area contributed by atoms with Gasteiger partial charge in [0, 0.05) is 24.2 Å². The van der Waals surface area contributed by atoms with Crippen molar-refractivity contribution < 1.29 is 9.59 Å². The van der Waals surface area contributed by atoms with Crippen LogP contribution in [0.2, 0.25) is 0 Å². The minimum absolute atomic E-state index is 0.178. The molecule has 1 heterocycles. The van der Waals surface area contributed by atoms with Crippen LogP contribution in [0.5, 0.6) is 0 Å². The molecule has 0 unspecified atom stereocenters. The molecule has 26 heavy (non-hydrogen) atoms. The molecule has 2 aromatic rings. The third-order valence-corrected chi connectivity index (χ3v) is 4.85. The van der Waals surface area contributed by atoms with E-state index < -0.39 is 5.91 Å². The third-order valence-electron chi connectivity index (χ3n) is 4.85. The fraction of sp³-hybridized carbons (Fsp3) is 0.333. The predicted molar refractivity (Wildman–Crippen MR) is 105 cm³/mol. The number of nitrogens with zero attached hydrogens (tertiary/aromatic N) is 1. The molecule has 3 N–H and O–H groups in total. The minimum atomic E-state index is -0.503. The number of aryl methyl sites for hydroxylation is 2. The molecule has 3 rings (SSSR count). The van der Waals surface area contributed by atoms with Gasteiger partial charge in [-0.2, -0.15) is 0 Å². The highest BCUT2D eigenvalue weighted by molar-refractivity contribution is 6.07. The van der Waals surface area contributed by atoms with Gasteiger partial charge in [-0.1, -0.05) is 17.7 Å². The number of benzene rings is 2. The monoisotopic (exact) mass is 351 g/mol. The molecule has 5 heteroatoms. The van der Waals surface area contributed by atoms with Crippen molar-refractivity contribution in [3.8, 4) is 0 Å². The molecular formula is C21H25N3O2. The van der Waals surface area contributed by atoms with Crippen LogP contribution in [-0.2, 0) is 0 Å². The largest absolute Gasteiger partial charge is 0.370 e. The van der Waals surface area contributed by atoms with E-state index in [-0.39, 0.29) is 5.91 Å². The van der Waals surface area contributed by atoms with Crippen molar-refractivity contribution in [2.24, 2.45) is 5.73 Å². The van der Waals surface area contributed by atoms with Crippen molar-refractivity contribution in [3.05, 3.63) is 58.7 Å². The number of anilines is 2. The molecule has 1 saturated heterocycles. The fourth-order valence-corrected chi connectivity index (χ4v) is 3.46.